The molecule has 1 aliphatic carbocycles. The van der Waals surface area contributed by atoms with Gasteiger partial charge in [-0.25, -0.2) is 4.39 Å². The Morgan fingerprint density at radius 1 is 1.19 bits per heavy atom. The Bertz CT molecular complexity index is 1140. The molecule has 0 radical (unpaired) electrons. The van der Waals surface area contributed by atoms with Crippen LogP contribution in [0.5, 0.6) is 5.75 Å². The van der Waals surface area contributed by atoms with E-state index in [1.54, 1.807) is 6.07 Å². The van der Waals surface area contributed by atoms with Crippen LogP contribution >= 0.6 is 0 Å². The topological polar surface area (TPSA) is 73.8 Å². The number of aliphatic hydroxyl groups is 1. The van der Waals surface area contributed by atoms with Crippen LogP contribution in [0.3, 0.4) is 0 Å². The first kappa shape index (κ1) is 26.9. The first-order chi connectivity index (χ1) is 17.5. The standard InChI is InChI=1S/C27H31F4N3O3/c1-17(14-32-25(35)18-4-3-5-20(12-18)27(29,30)31)33-21-15-34(16-21)22-8-10-26(36,11-9-22)19-6-7-24(37-2)23(28)13-19/h3-7,12-13,21-22,33,36H,1,8-11,14-16H2,2H3,(H,32,35)/t22-,26-. The number of benzene rings is 2. The monoisotopic (exact) mass is 521 g/mol. The summed E-state index contributed by atoms with van der Waals surface area (Å²) in [6, 6.07) is 9.34. The molecule has 0 spiro atoms. The highest BCUT2D eigenvalue weighted by Crippen LogP contribution is 2.40. The van der Waals surface area contributed by atoms with Gasteiger partial charge in [-0.05, 0) is 61.6 Å². The lowest BCUT2D eigenvalue weighted by Crippen LogP contribution is -2.62. The highest BCUT2D eigenvalue weighted by Gasteiger charge is 2.40. The van der Waals surface area contributed by atoms with Gasteiger partial charge in [-0.3, -0.25) is 9.69 Å². The smallest absolute Gasteiger partial charge is 0.416 e. The van der Waals surface area contributed by atoms with Gasteiger partial charge >= 0.3 is 6.18 Å². The van der Waals surface area contributed by atoms with Gasteiger partial charge in [0, 0.05) is 30.4 Å². The number of rotatable bonds is 8. The zero-order valence-corrected chi connectivity index (χ0v) is 20.6. The van der Waals surface area contributed by atoms with E-state index >= 15 is 0 Å². The third-order valence-electron chi connectivity index (χ3n) is 7.22. The summed E-state index contributed by atoms with van der Waals surface area (Å²) in [4.78, 5) is 14.6. The van der Waals surface area contributed by atoms with Crippen molar-refractivity contribution in [3.8, 4) is 5.75 Å². The Hall–Kier alpha value is -3.11. The molecule has 1 amide bonds. The van der Waals surface area contributed by atoms with Crippen molar-refractivity contribution in [1.29, 1.82) is 0 Å². The molecule has 1 aliphatic heterocycles. The van der Waals surface area contributed by atoms with Gasteiger partial charge in [0.05, 0.1) is 30.9 Å². The van der Waals surface area contributed by atoms with Crippen LogP contribution in [0.2, 0.25) is 0 Å². The second kappa shape index (κ2) is 10.7. The van der Waals surface area contributed by atoms with E-state index in [4.69, 9.17) is 4.74 Å². The van der Waals surface area contributed by atoms with Crippen LogP contribution in [0, 0.1) is 5.82 Å². The number of hydrogen-bond acceptors (Lipinski definition) is 5. The van der Waals surface area contributed by atoms with E-state index in [1.807, 2.05) is 0 Å². The third kappa shape index (κ3) is 6.24. The van der Waals surface area contributed by atoms with Gasteiger partial charge in [0.25, 0.3) is 5.91 Å². The van der Waals surface area contributed by atoms with Crippen molar-refractivity contribution in [2.75, 3.05) is 26.7 Å². The number of amides is 1. The largest absolute Gasteiger partial charge is 0.494 e. The molecule has 1 heterocycles. The summed E-state index contributed by atoms with van der Waals surface area (Å²) < 4.78 is 57.7. The van der Waals surface area contributed by atoms with Crippen molar-refractivity contribution in [3.63, 3.8) is 0 Å². The van der Waals surface area contributed by atoms with Crippen LogP contribution in [0.4, 0.5) is 17.6 Å². The number of methoxy groups -OCH3 is 1. The quantitative estimate of drug-likeness (QED) is 0.454. The minimum atomic E-state index is -4.51. The predicted octanol–water partition coefficient (Wildman–Crippen LogP) is 4.20. The van der Waals surface area contributed by atoms with Crippen molar-refractivity contribution >= 4 is 5.91 Å². The first-order valence-corrected chi connectivity index (χ1v) is 12.2. The Labute approximate surface area is 213 Å². The molecule has 0 atom stereocenters. The third-order valence-corrected chi connectivity index (χ3v) is 7.22. The van der Waals surface area contributed by atoms with Gasteiger partial charge < -0.3 is 20.5 Å². The summed E-state index contributed by atoms with van der Waals surface area (Å²) in [6.45, 7) is 5.57. The normalized spacial score (nSPS) is 22.7. The van der Waals surface area contributed by atoms with Gasteiger partial charge in [-0.1, -0.05) is 18.7 Å². The number of ether oxygens (including phenoxy) is 1. The average Bonchev–Trinajstić information content (AvgIpc) is 2.84. The highest BCUT2D eigenvalue weighted by molar-refractivity contribution is 5.94. The van der Waals surface area contributed by atoms with E-state index in [9.17, 15) is 27.5 Å². The molecule has 4 rings (SSSR count). The fraction of sp³-hybridized carbons (Fsp3) is 0.444. The summed E-state index contributed by atoms with van der Waals surface area (Å²) in [5.41, 5.74) is -0.852. The van der Waals surface area contributed by atoms with Crippen molar-refractivity contribution in [2.45, 2.75) is 49.5 Å². The van der Waals surface area contributed by atoms with E-state index in [0.29, 0.717) is 30.1 Å². The maximum atomic E-state index is 14.1. The number of alkyl halides is 3. The molecule has 0 unspecified atom stereocenters. The van der Waals surface area contributed by atoms with Crippen LogP contribution < -0.4 is 15.4 Å². The van der Waals surface area contributed by atoms with Gasteiger partial charge in [0.2, 0.25) is 0 Å². The number of carbonyl (C=O) groups is 1. The Morgan fingerprint density at radius 2 is 1.89 bits per heavy atom. The maximum Gasteiger partial charge on any atom is 0.416 e. The highest BCUT2D eigenvalue weighted by atomic mass is 19.4. The minimum absolute atomic E-state index is 0.0629. The molecule has 2 aliphatic rings. The lowest BCUT2D eigenvalue weighted by molar-refractivity contribution is -0.137. The molecule has 2 aromatic rings. The van der Waals surface area contributed by atoms with Crippen LogP contribution in [-0.2, 0) is 11.8 Å². The molecule has 0 aromatic heterocycles. The Balaban J connectivity index is 1.19. The summed E-state index contributed by atoms with van der Waals surface area (Å²) in [5, 5.41) is 16.9. The molecule has 10 heteroatoms. The molecule has 2 aromatic carbocycles. The number of nitrogens with one attached hydrogen (secondary N) is 2. The molecular formula is C27H31F4N3O3. The summed E-state index contributed by atoms with van der Waals surface area (Å²) >= 11 is 0. The number of halogens is 4. The van der Waals surface area contributed by atoms with Crippen molar-refractivity contribution in [1.82, 2.24) is 15.5 Å². The molecule has 3 N–H and O–H groups in total. The number of carbonyl (C=O) groups excluding carboxylic acids is 1. The van der Waals surface area contributed by atoms with E-state index in [2.05, 4.69) is 22.1 Å². The predicted molar refractivity (Wildman–Crippen MR) is 131 cm³/mol. The molecular weight excluding hydrogens is 490 g/mol. The summed E-state index contributed by atoms with van der Waals surface area (Å²) in [5.74, 6) is -0.939. The van der Waals surface area contributed by atoms with Gasteiger partial charge in [-0.2, -0.15) is 13.2 Å². The number of nitrogens with zero attached hydrogens (tertiary/aromatic N) is 1. The molecule has 0 bridgehead atoms. The van der Waals surface area contributed by atoms with Crippen molar-refractivity contribution in [2.24, 2.45) is 0 Å². The molecule has 6 nitrogen and oxygen atoms in total. The number of likely N-dealkylation sites (tertiary alicyclic amines) is 1. The molecule has 2 fully saturated rings. The van der Waals surface area contributed by atoms with Crippen LogP contribution in [0.25, 0.3) is 0 Å². The summed E-state index contributed by atoms with van der Waals surface area (Å²) in [7, 11) is 1.40. The fourth-order valence-electron chi connectivity index (χ4n) is 5.06. The van der Waals surface area contributed by atoms with E-state index < -0.39 is 29.1 Å². The van der Waals surface area contributed by atoms with Gasteiger partial charge in [-0.15, -0.1) is 0 Å². The van der Waals surface area contributed by atoms with Gasteiger partial charge in [0.15, 0.2) is 11.6 Å². The van der Waals surface area contributed by atoms with E-state index in [1.165, 1.54) is 31.4 Å². The van der Waals surface area contributed by atoms with Crippen molar-refractivity contribution in [3.05, 3.63) is 77.2 Å². The lowest BCUT2D eigenvalue weighted by Gasteiger charge is -2.48. The SMILES string of the molecule is C=C(CNC(=O)c1cccc(C(F)(F)F)c1)NC1CN([C@H]2CC[C@@](O)(c3ccc(OC)c(F)c3)CC2)C1. The fourth-order valence-corrected chi connectivity index (χ4v) is 5.06. The zero-order chi connectivity index (χ0) is 26.8. The number of hydrogen-bond donors (Lipinski definition) is 3. The second-order valence-electron chi connectivity index (χ2n) is 9.77. The second-order valence-corrected chi connectivity index (χ2v) is 9.77. The first-order valence-electron chi connectivity index (χ1n) is 12.2. The van der Waals surface area contributed by atoms with E-state index in [-0.39, 0.29) is 23.9 Å². The van der Waals surface area contributed by atoms with Crippen LogP contribution in [-0.4, -0.2) is 54.7 Å². The van der Waals surface area contributed by atoms with Crippen molar-refractivity contribution < 1.29 is 32.2 Å². The Kier molecular flexibility index (Phi) is 7.80. The summed E-state index contributed by atoms with van der Waals surface area (Å²) in [6.07, 6.45) is -1.88. The van der Waals surface area contributed by atoms with Crippen LogP contribution in [0.15, 0.2) is 54.7 Å². The van der Waals surface area contributed by atoms with Crippen LogP contribution in [0.1, 0.15) is 47.2 Å². The molecule has 1 saturated carbocycles. The van der Waals surface area contributed by atoms with E-state index in [0.717, 1.165) is 38.1 Å². The molecule has 37 heavy (non-hydrogen) atoms. The zero-order valence-electron chi connectivity index (χ0n) is 20.6. The average molecular weight is 522 g/mol. The molecule has 1 saturated heterocycles. The van der Waals surface area contributed by atoms with Gasteiger partial charge in [0.1, 0.15) is 0 Å². The maximum absolute atomic E-state index is 14.1. The lowest BCUT2D eigenvalue weighted by atomic mass is 9.76. The minimum Gasteiger partial charge on any atom is -0.494 e. The molecule has 200 valence electrons. The Morgan fingerprint density at radius 3 is 2.51 bits per heavy atom.